The maximum Gasteiger partial charge on any atom is 0 e. The average molecular weight is 460 g/mol. The van der Waals surface area contributed by atoms with E-state index in [1.165, 1.54) is 0 Å². The molecule has 0 atom stereocenters. The molecule has 22 valence electrons. The molecule has 4 heteroatoms. The molecule has 0 saturated carbocycles. The average Bonchev–Trinajstić information content (AvgIpc) is 1.00. The van der Waals surface area contributed by atoms with Crippen LogP contribution in [0.15, 0.2) is 0 Å². The van der Waals surface area contributed by atoms with E-state index in [-0.39, 0.29) is 64.3 Å². The Labute approximate surface area is 66.4 Å². The van der Waals surface area contributed by atoms with Crippen LogP contribution in [0, 0.1) is 0 Å². The summed E-state index contributed by atoms with van der Waals surface area (Å²) >= 11 is 0.194. The van der Waals surface area contributed by atoms with Gasteiger partial charge in [0.2, 0.25) is 0 Å². The maximum atomic E-state index is 8.36. The van der Waals surface area contributed by atoms with Crippen LogP contribution >= 0.6 is 0 Å². The van der Waals surface area contributed by atoms with E-state index in [4.69, 9.17) is 2.81 Å². The molecule has 0 aromatic heterocycles. The third-order valence-electron chi connectivity index (χ3n) is 0. The quantitative estimate of drug-likeness (QED) is 0.446. The van der Waals surface area contributed by atoms with Crippen LogP contribution in [-0.4, -0.2) is 24.7 Å². The van der Waals surface area contributed by atoms with Crippen LogP contribution in [0.5, 0.6) is 0 Å². The Bertz CT molecular complexity index is 8.00. The van der Waals surface area contributed by atoms with Crippen LogP contribution in [0.2, 0.25) is 0 Å². The van der Waals surface area contributed by atoms with Gasteiger partial charge in [0.25, 0.3) is 0 Å². The Morgan fingerprint density at radius 1 is 1.25 bits per heavy atom. The zero-order chi connectivity index (χ0) is 2.00. The molecule has 0 aromatic rings. The molecule has 2 radical (unpaired) electrons. The second-order valence-electron chi connectivity index (χ2n) is 0. The Morgan fingerprint density at radius 3 is 1.25 bits per heavy atom. The van der Waals surface area contributed by atoms with E-state index in [1.807, 2.05) is 0 Å². The van der Waals surface area contributed by atoms with E-state index in [2.05, 4.69) is 0 Å². The van der Waals surface area contributed by atoms with Gasteiger partial charge in [-0.05, 0) is 0 Å². The minimum Gasteiger partial charge on any atom is 0 e. The minimum absolute atomic E-state index is 0. The summed E-state index contributed by atoms with van der Waals surface area (Å²) in [5.41, 5.74) is 0. The molecule has 0 N–H and O–H groups in total. The summed E-state index contributed by atoms with van der Waals surface area (Å²) < 4.78 is 8.36. The molecular weight excluding hydrogens is 460 g/mol. The van der Waals surface area contributed by atoms with Crippen LogP contribution in [0.1, 0.15) is 0 Å². The molecule has 1 nitrogen and oxygen atoms in total. The Morgan fingerprint density at radius 2 is 1.25 bits per heavy atom. The molecule has 0 aliphatic heterocycles. The normalized spacial score (nSPS) is 1.00. The molecule has 0 fully saturated rings. The Balaban J connectivity index is -0.00000000500. The third kappa shape index (κ3) is 9.04. The van der Waals surface area contributed by atoms with Crippen molar-refractivity contribution in [3.63, 3.8) is 0 Å². The molecule has 0 spiro atoms. The topological polar surface area (TPSA) is 17.1 Å². The molecule has 4 heavy (non-hydrogen) atoms. The van der Waals surface area contributed by atoms with Crippen molar-refractivity contribution in [2.75, 3.05) is 0 Å². The molecule has 0 bridgehead atoms. The van der Waals surface area contributed by atoms with Crippen molar-refractivity contribution in [1.29, 1.82) is 0 Å². The van der Waals surface area contributed by atoms with Gasteiger partial charge in [-0.15, -0.1) is 0 Å². The van der Waals surface area contributed by atoms with E-state index >= 15 is 0 Å². The van der Waals surface area contributed by atoms with Gasteiger partial charge in [0.1, 0.15) is 0 Å². The Kier molecular flexibility index (Phi) is 84.9. The van der Waals surface area contributed by atoms with Gasteiger partial charge in [-0.3, -0.25) is 0 Å². The van der Waals surface area contributed by atoms with E-state index in [0.717, 1.165) is 0 Å². The zero-order valence-electron chi connectivity index (χ0n) is 1.71. The first-order chi connectivity index (χ1) is 1.00. The van der Waals surface area contributed by atoms with Crippen LogP contribution in [0.3, 0.4) is 0 Å². The fourth-order valence-electron chi connectivity index (χ4n) is 0. The predicted molar refractivity (Wildman–Crippen MR) is 6.44 cm³/mol. The van der Waals surface area contributed by atoms with Gasteiger partial charge in [0.05, 0.1) is 0 Å². The largest absolute Gasteiger partial charge is 0 e. The fraction of sp³-hybridized carbons (Fsp3) is 0. The molecule has 0 amide bonds. The van der Waals surface area contributed by atoms with Crippen LogP contribution in [0.25, 0.3) is 0 Å². The second-order valence-corrected chi connectivity index (χ2v) is 0. The predicted octanol–water partition coefficient (Wildman–Crippen LogP) is -0.505. The van der Waals surface area contributed by atoms with Crippen molar-refractivity contribution < 1.29 is 42.4 Å². The van der Waals surface area contributed by atoms with Gasteiger partial charge in [-0.25, -0.2) is 0 Å². The minimum atomic E-state index is 0. The monoisotopic (exact) mass is 460 g/mol. The van der Waals surface area contributed by atoms with Gasteiger partial charge in [0, 0.05) is 39.6 Å². The smallest absolute Gasteiger partial charge is 0 e. The van der Waals surface area contributed by atoms with Gasteiger partial charge >= 0.3 is 27.5 Å². The summed E-state index contributed by atoms with van der Waals surface area (Å²) in [6.45, 7) is 0. The number of rotatable bonds is 0. The second kappa shape index (κ2) is 20.3. The fourth-order valence-corrected chi connectivity index (χ4v) is 0. The first-order valence-electron chi connectivity index (χ1n) is 0.183. The summed E-state index contributed by atoms with van der Waals surface area (Å²) in [7, 11) is 0. The summed E-state index contributed by atoms with van der Waals surface area (Å²) in [6.07, 6.45) is 0. The van der Waals surface area contributed by atoms with Gasteiger partial charge in [0.15, 0.2) is 0 Å². The van der Waals surface area contributed by atoms with Crippen molar-refractivity contribution in [3.05, 3.63) is 0 Å². The maximum absolute atomic E-state index is 8.36. The molecule has 0 rings (SSSR count). The first kappa shape index (κ1) is 16.7. The summed E-state index contributed by atoms with van der Waals surface area (Å²) in [6, 6.07) is 0. The molecule has 0 aliphatic carbocycles. The van der Waals surface area contributed by atoms with Crippen molar-refractivity contribution in [2.45, 2.75) is 0 Å². The van der Waals surface area contributed by atoms with Crippen LogP contribution in [0.4, 0.5) is 0 Å². The number of hydrogen-bond donors (Lipinski definition) is 0. The van der Waals surface area contributed by atoms with E-state index in [1.54, 1.807) is 0 Å². The molecule has 0 saturated heterocycles. The van der Waals surface area contributed by atoms with Gasteiger partial charge in [-0.1, -0.05) is 0 Å². The van der Waals surface area contributed by atoms with Gasteiger partial charge < -0.3 is 0 Å². The van der Waals surface area contributed by atoms with E-state index in [9.17, 15) is 0 Å². The zero-order valence-corrected chi connectivity index (χ0v) is 9.52. The molecule has 0 aromatic carbocycles. The van der Waals surface area contributed by atoms with Crippen molar-refractivity contribution in [2.24, 2.45) is 0 Å². The molecule has 0 heterocycles. The third-order valence-corrected chi connectivity index (χ3v) is 0. The summed E-state index contributed by atoms with van der Waals surface area (Å²) in [4.78, 5) is 0. The van der Waals surface area contributed by atoms with Crippen molar-refractivity contribution in [1.82, 2.24) is 0 Å². The summed E-state index contributed by atoms with van der Waals surface area (Å²) in [5, 5.41) is 0. The van der Waals surface area contributed by atoms with Crippen molar-refractivity contribution >= 4 is 24.7 Å². The van der Waals surface area contributed by atoms with Gasteiger partial charge in [-0.2, -0.15) is 0 Å². The molecular formula is BiOVW. The summed E-state index contributed by atoms with van der Waals surface area (Å²) in [5.74, 6) is 0. The first-order valence-corrected chi connectivity index (χ1v) is 1.60. The van der Waals surface area contributed by atoms with Crippen LogP contribution in [-0.2, 0) is 42.4 Å². The number of hydrogen-bond acceptors (Lipinski definition) is 1. The standard InChI is InChI=1S/Bi.O.V.W. The Hall–Kier alpha value is 1.96. The van der Waals surface area contributed by atoms with E-state index in [0.29, 0.717) is 0 Å². The molecule has 0 aliphatic rings. The molecule has 0 unspecified atom stereocenters. The van der Waals surface area contributed by atoms with E-state index < -0.39 is 0 Å². The van der Waals surface area contributed by atoms with Crippen LogP contribution < -0.4 is 0 Å². The SMILES string of the molecule is [O]=[Bi].[V].[W]. The van der Waals surface area contributed by atoms with Crippen molar-refractivity contribution in [3.8, 4) is 0 Å².